The van der Waals surface area contributed by atoms with Gasteiger partial charge < -0.3 is 5.32 Å². The maximum atomic E-state index is 13.9. The van der Waals surface area contributed by atoms with Gasteiger partial charge >= 0.3 is 0 Å². The topological polar surface area (TPSA) is 75.3 Å². The van der Waals surface area contributed by atoms with Crippen LogP contribution in [0.25, 0.3) is 0 Å². The fraction of sp³-hybridized carbons (Fsp3) is 0.167. The number of hydrogen-bond donors (Lipinski definition) is 2. The van der Waals surface area contributed by atoms with Crippen LogP contribution >= 0.6 is 11.8 Å². The van der Waals surface area contributed by atoms with Crippen molar-refractivity contribution in [2.45, 2.75) is 9.79 Å². The van der Waals surface area contributed by atoms with Crippen molar-refractivity contribution >= 4 is 27.7 Å². The van der Waals surface area contributed by atoms with Gasteiger partial charge in [0.25, 0.3) is 5.91 Å². The first-order valence-corrected chi connectivity index (χ1v) is 10.3. The summed E-state index contributed by atoms with van der Waals surface area (Å²) in [6, 6.07) is 13.0. The van der Waals surface area contributed by atoms with Crippen LogP contribution in [0.3, 0.4) is 0 Å². The van der Waals surface area contributed by atoms with Gasteiger partial charge in [0.15, 0.2) is 0 Å². The number of carbonyl (C=O) groups is 1. The van der Waals surface area contributed by atoms with E-state index >= 15 is 0 Å². The Kier molecular flexibility index (Phi) is 7.38. The third-order valence-electron chi connectivity index (χ3n) is 3.30. The second kappa shape index (κ2) is 9.51. The van der Waals surface area contributed by atoms with E-state index < -0.39 is 26.6 Å². The number of carbonyl (C=O) groups excluding carboxylic acids is 1. The summed E-state index contributed by atoms with van der Waals surface area (Å²) >= 11 is 1.59. The largest absolute Gasteiger partial charge is 0.351 e. The average molecular weight is 394 g/mol. The van der Waals surface area contributed by atoms with E-state index in [1.165, 1.54) is 12.1 Å². The summed E-state index contributed by atoms with van der Waals surface area (Å²) in [6.45, 7) is 3.77. The summed E-state index contributed by atoms with van der Waals surface area (Å²) in [4.78, 5) is 12.7. The second-order valence-corrected chi connectivity index (χ2v) is 8.11. The lowest BCUT2D eigenvalue weighted by molar-refractivity contribution is 0.0956. The molecule has 0 aromatic heterocycles. The van der Waals surface area contributed by atoms with Crippen LogP contribution in [-0.2, 0) is 10.0 Å². The van der Waals surface area contributed by atoms with Crippen LogP contribution in [0.1, 0.15) is 10.4 Å². The maximum absolute atomic E-state index is 13.9. The van der Waals surface area contributed by atoms with E-state index in [9.17, 15) is 17.6 Å². The fourth-order valence-electron chi connectivity index (χ4n) is 2.05. The Balaban J connectivity index is 1.98. The van der Waals surface area contributed by atoms with Gasteiger partial charge in [0.2, 0.25) is 10.0 Å². The molecule has 138 valence electrons. The molecule has 1 amide bonds. The van der Waals surface area contributed by atoms with Gasteiger partial charge in [0, 0.05) is 29.3 Å². The Hall–Kier alpha value is -2.16. The first kappa shape index (κ1) is 20.2. The Morgan fingerprint density at radius 1 is 1.19 bits per heavy atom. The van der Waals surface area contributed by atoms with Crippen molar-refractivity contribution in [2.24, 2.45) is 0 Å². The summed E-state index contributed by atoms with van der Waals surface area (Å²) in [5.41, 5.74) is 0.0788. The summed E-state index contributed by atoms with van der Waals surface area (Å²) in [5.74, 6) is -0.722. The molecule has 0 saturated heterocycles. The molecule has 0 radical (unpaired) electrons. The Labute approximate surface area is 156 Å². The SMILES string of the molecule is C=CCNS(=O)(=O)c1cc(C(=O)NCCSc2ccccc2)ccc1F. The molecule has 0 aliphatic carbocycles. The maximum Gasteiger partial charge on any atom is 0.251 e. The smallest absolute Gasteiger partial charge is 0.251 e. The minimum absolute atomic E-state index is 0.0328. The number of amides is 1. The Morgan fingerprint density at radius 3 is 2.62 bits per heavy atom. The van der Waals surface area contributed by atoms with Gasteiger partial charge in [-0.3, -0.25) is 4.79 Å². The van der Waals surface area contributed by atoms with Crippen molar-refractivity contribution in [3.8, 4) is 0 Å². The predicted molar refractivity (Wildman–Crippen MR) is 101 cm³/mol. The Morgan fingerprint density at radius 2 is 1.92 bits per heavy atom. The molecule has 0 atom stereocenters. The summed E-state index contributed by atoms with van der Waals surface area (Å²) in [6.07, 6.45) is 1.34. The lowest BCUT2D eigenvalue weighted by Gasteiger charge is -2.09. The molecule has 8 heteroatoms. The molecule has 2 N–H and O–H groups in total. The number of thioether (sulfide) groups is 1. The lowest BCUT2D eigenvalue weighted by atomic mass is 10.2. The molecule has 5 nitrogen and oxygen atoms in total. The minimum atomic E-state index is -4.05. The van der Waals surface area contributed by atoms with E-state index in [4.69, 9.17) is 0 Å². The molecule has 2 aromatic rings. The normalized spacial score (nSPS) is 11.1. The van der Waals surface area contributed by atoms with Crippen molar-refractivity contribution in [1.82, 2.24) is 10.0 Å². The quantitative estimate of drug-likeness (QED) is 0.390. The number of nitrogens with one attached hydrogen (secondary N) is 2. The highest BCUT2D eigenvalue weighted by Crippen LogP contribution is 2.17. The number of hydrogen-bond acceptors (Lipinski definition) is 4. The zero-order chi connectivity index (χ0) is 19.0. The van der Waals surface area contributed by atoms with E-state index in [1.54, 1.807) is 11.8 Å². The summed E-state index contributed by atoms with van der Waals surface area (Å²) in [5, 5.41) is 2.70. The first-order chi connectivity index (χ1) is 12.4. The number of halogens is 1. The van der Waals surface area contributed by atoms with Gasteiger partial charge in [-0.05, 0) is 30.3 Å². The van der Waals surface area contributed by atoms with Crippen molar-refractivity contribution in [2.75, 3.05) is 18.8 Å². The summed E-state index contributed by atoms with van der Waals surface area (Å²) < 4.78 is 40.2. The molecule has 2 aromatic carbocycles. The van der Waals surface area contributed by atoms with E-state index in [2.05, 4.69) is 16.6 Å². The van der Waals surface area contributed by atoms with E-state index in [0.29, 0.717) is 12.3 Å². The highest BCUT2D eigenvalue weighted by atomic mass is 32.2. The van der Waals surface area contributed by atoms with Gasteiger partial charge in [-0.25, -0.2) is 17.5 Å². The van der Waals surface area contributed by atoms with Gasteiger partial charge in [-0.1, -0.05) is 24.3 Å². The highest BCUT2D eigenvalue weighted by molar-refractivity contribution is 7.99. The van der Waals surface area contributed by atoms with Crippen molar-refractivity contribution in [1.29, 1.82) is 0 Å². The first-order valence-electron chi connectivity index (χ1n) is 7.80. The van der Waals surface area contributed by atoms with Crippen LogP contribution in [0.2, 0.25) is 0 Å². The van der Waals surface area contributed by atoms with Crippen molar-refractivity contribution in [3.63, 3.8) is 0 Å². The molecule has 0 bridgehead atoms. The van der Waals surface area contributed by atoms with E-state index in [1.807, 2.05) is 30.3 Å². The third-order valence-corrected chi connectivity index (χ3v) is 5.75. The van der Waals surface area contributed by atoms with Crippen LogP contribution in [0, 0.1) is 5.82 Å². The van der Waals surface area contributed by atoms with Crippen LogP contribution in [0.5, 0.6) is 0 Å². The molecule has 0 fully saturated rings. The Bertz CT molecular complexity index is 871. The van der Waals surface area contributed by atoms with Gasteiger partial charge in [-0.2, -0.15) is 0 Å². The third kappa shape index (κ3) is 5.69. The van der Waals surface area contributed by atoms with Crippen molar-refractivity contribution in [3.05, 3.63) is 72.6 Å². The van der Waals surface area contributed by atoms with Crippen LogP contribution in [0.4, 0.5) is 4.39 Å². The van der Waals surface area contributed by atoms with Crippen LogP contribution in [-0.4, -0.2) is 33.2 Å². The lowest BCUT2D eigenvalue weighted by Crippen LogP contribution is -2.27. The molecule has 26 heavy (non-hydrogen) atoms. The fourth-order valence-corrected chi connectivity index (χ4v) is 3.94. The molecular formula is C18H19FN2O3S2. The number of benzene rings is 2. The van der Waals surface area contributed by atoms with Gasteiger partial charge in [0.1, 0.15) is 10.7 Å². The molecule has 0 aliphatic rings. The van der Waals surface area contributed by atoms with Crippen LogP contribution in [0.15, 0.2) is 71.0 Å². The van der Waals surface area contributed by atoms with Gasteiger partial charge in [-0.15, -0.1) is 18.3 Å². The standard InChI is InChI=1S/C18H19FN2O3S2/c1-2-10-21-26(23,24)17-13-14(8-9-16(17)19)18(22)20-11-12-25-15-6-4-3-5-7-15/h2-9,13,21H,1,10-12H2,(H,20,22). The van der Waals surface area contributed by atoms with E-state index in [-0.39, 0.29) is 12.1 Å². The molecule has 0 saturated carbocycles. The second-order valence-electron chi connectivity index (χ2n) is 5.20. The van der Waals surface area contributed by atoms with Crippen LogP contribution < -0.4 is 10.0 Å². The minimum Gasteiger partial charge on any atom is -0.351 e. The van der Waals surface area contributed by atoms with Gasteiger partial charge in [0.05, 0.1) is 0 Å². The predicted octanol–water partition coefficient (Wildman–Crippen LogP) is 2.81. The number of sulfonamides is 1. The summed E-state index contributed by atoms with van der Waals surface area (Å²) in [7, 11) is -4.05. The van der Waals surface area contributed by atoms with E-state index in [0.717, 1.165) is 17.0 Å². The number of rotatable bonds is 9. The zero-order valence-corrected chi connectivity index (χ0v) is 15.6. The highest BCUT2D eigenvalue weighted by Gasteiger charge is 2.20. The monoisotopic (exact) mass is 394 g/mol. The molecule has 0 heterocycles. The molecular weight excluding hydrogens is 375 g/mol. The molecule has 0 spiro atoms. The zero-order valence-electron chi connectivity index (χ0n) is 13.9. The van der Waals surface area contributed by atoms with Crippen molar-refractivity contribution < 1.29 is 17.6 Å². The molecule has 0 aliphatic heterocycles. The molecule has 0 unspecified atom stereocenters. The molecule has 2 rings (SSSR count). The average Bonchev–Trinajstić information content (AvgIpc) is 2.64.